The average molecular weight is 387 g/mol. The van der Waals surface area contributed by atoms with E-state index in [1.165, 1.54) is 38.9 Å². The van der Waals surface area contributed by atoms with Crippen molar-refractivity contribution in [3.05, 3.63) is 106 Å². The minimum Gasteiger partial charge on any atom is -0.357 e. The average Bonchev–Trinajstić information content (AvgIpc) is 3.09. The number of halogens is 1. The molecule has 0 amide bonds. The van der Waals surface area contributed by atoms with Gasteiger partial charge in [-0.25, -0.2) is 0 Å². The Morgan fingerprint density at radius 2 is 1.71 bits per heavy atom. The maximum Gasteiger partial charge on any atom is 0.0760 e. The van der Waals surface area contributed by atoms with Crippen LogP contribution in [0.5, 0.6) is 0 Å². The van der Waals surface area contributed by atoms with Gasteiger partial charge in [-0.15, -0.1) is 0 Å². The fourth-order valence-corrected chi connectivity index (χ4v) is 4.54. The molecule has 140 valence electrons. The van der Waals surface area contributed by atoms with E-state index in [9.17, 15) is 0 Å². The Morgan fingerprint density at radius 3 is 2.50 bits per heavy atom. The van der Waals surface area contributed by atoms with Crippen LogP contribution in [0.25, 0.3) is 10.9 Å². The molecule has 0 saturated carbocycles. The lowest BCUT2D eigenvalue weighted by molar-refractivity contribution is 0.202. The Morgan fingerprint density at radius 1 is 0.964 bits per heavy atom. The predicted molar refractivity (Wildman–Crippen MR) is 117 cm³/mol. The molecule has 2 heterocycles. The molecular weight excluding hydrogens is 364 g/mol. The van der Waals surface area contributed by atoms with Crippen LogP contribution in [0.3, 0.4) is 0 Å². The maximum absolute atomic E-state index is 6.09. The van der Waals surface area contributed by atoms with Crippen LogP contribution < -0.4 is 0 Å². The zero-order valence-corrected chi connectivity index (χ0v) is 16.7. The van der Waals surface area contributed by atoms with Gasteiger partial charge < -0.3 is 4.98 Å². The van der Waals surface area contributed by atoms with E-state index < -0.39 is 0 Å². The minimum absolute atomic E-state index is 0.229. The topological polar surface area (TPSA) is 19.0 Å². The van der Waals surface area contributed by atoms with Crippen LogP contribution in [-0.2, 0) is 13.0 Å². The molecular formula is C25H23ClN2. The molecule has 0 bridgehead atoms. The molecule has 0 aliphatic carbocycles. The van der Waals surface area contributed by atoms with Crippen LogP contribution >= 0.6 is 11.6 Å². The molecule has 1 atom stereocenters. The number of hydrogen-bond donors (Lipinski definition) is 1. The van der Waals surface area contributed by atoms with Gasteiger partial charge in [0.05, 0.1) is 6.04 Å². The molecule has 1 aliphatic rings. The van der Waals surface area contributed by atoms with Crippen molar-refractivity contribution in [2.75, 3.05) is 6.54 Å². The summed E-state index contributed by atoms with van der Waals surface area (Å²) in [6.07, 6.45) is 1.06. The molecule has 1 N–H and O–H groups in total. The molecule has 4 aromatic rings. The van der Waals surface area contributed by atoms with Crippen molar-refractivity contribution in [3.8, 4) is 0 Å². The van der Waals surface area contributed by atoms with E-state index in [2.05, 4.69) is 77.5 Å². The van der Waals surface area contributed by atoms with E-state index in [0.29, 0.717) is 0 Å². The lowest BCUT2D eigenvalue weighted by Crippen LogP contribution is -2.35. The second-order valence-corrected chi connectivity index (χ2v) is 8.16. The van der Waals surface area contributed by atoms with E-state index in [1.54, 1.807) is 0 Å². The molecule has 0 spiro atoms. The van der Waals surface area contributed by atoms with Gasteiger partial charge in [0, 0.05) is 34.7 Å². The van der Waals surface area contributed by atoms with Crippen molar-refractivity contribution in [1.29, 1.82) is 0 Å². The Balaban J connectivity index is 1.60. The van der Waals surface area contributed by atoms with Crippen molar-refractivity contribution < 1.29 is 0 Å². The second kappa shape index (κ2) is 7.12. The standard InChI is InChI=1S/C25H23ClN2/c1-17-6-10-19(11-7-17)25-24-22(21-4-2-3-5-23(21)27-24)14-15-28(25)16-18-8-12-20(26)13-9-18/h2-13,25,27H,14-16H2,1H3. The highest BCUT2D eigenvalue weighted by atomic mass is 35.5. The van der Waals surface area contributed by atoms with Crippen molar-refractivity contribution in [1.82, 2.24) is 9.88 Å². The number of H-pyrrole nitrogens is 1. The van der Waals surface area contributed by atoms with Gasteiger partial charge in [0.25, 0.3) is 0 Å². The summed E-state index contributed by atoms with van der Waals surface area (Å²) in [5, 5.41) is 2.15. The smallest absolute Gasteiger partial charge is 0.0760 e. The first-order valence-corrected chi connectivity index (χ1v) is 10.2. The number of aromatic nitrogens is 1. The van der Waals surface area contributed by atoms with Crippen LogP contribution in [0, 0.1) is 6.92 Å². The summed E-state index contributed by atoms with van der Waals surface area (Å²) in [6, 6.07) is 26.1. The first-order valence-electron chi connectivity index (χ1n) is 9.83. The third-order valence-corrected chi connectivity index (χ3v) is 6.08. The fourth-order valence-electron chi connectivity index (χ4n) is 4.41. The molecule has 3 aromatic carbocycles. The van der Waals surface area contributed by atoms with E-state index in [-0.39, 0.29) is 6.04 Å². The Kier molecular flexibility index (Phi) is 4.46. The van der Waals surface area contributed by atoms with Crippen LogP contribution in [0.15, 0.2) is 72.8 Å². The normalized spacial score (nSPS) is 17.0. The number of fused-ring (bicyclic) bond motifs is 3. The molecule has 1 aliphatic heterocycles. The van der Waals surface area contributed by atoms with Crippen molar-refractivity contribution in [3.63, 3.8) is 0 Å². The van der Waals surface area contributed by atoms with Gasteiger partial charge in [-0.2, -0.15) is 0 Å². The summed E-state index contributed by atoms with van der Waals surface area (Å²) in [5.74, 6) is 0. The van der Waals surface area contributed by atoms with Crippen LogP contribution in [-0.4, -0.2) is 16.4 Å². The number of nitrogens with one attached hydrogen (secondary N) is 1. The third-order valence-electron chi connectivity index (χ3n) is 5.83. The fraction of sp³-hybridized carbons (Fsp3) is 0.200. The quantitative estimate of drug-likeness (QED) is 0.439. The summed E-state index contributed by atoms with van der Waals surface area (Å²) >= 11 is 6.09. The molecule has 5 rings (SSSR count). The summed E-state index contributed by atoms with van der Waals surface area (Å²) in [7, 11) is 0. The molecule has 28 heavy (non-hydrogen) atoms. The number of aryl methyl sites for hydroxylation is 1. The Labute approximate surface area is 170 Å². The predicted octanol–water partition coefficient (Wildman–Crippen LogP) is 6.28. The highest BCUT2D eigenvalue weighted by molar-refractivity contribution is 6.30. The summed E-state index contributed by atoms with van der Waals surface area (Å²) in [5.41, 5.74) is 7.96. The first kappa shape index (κ1) is 17.5. The molecule has 2 nitrogen and oxygen atoms in total. The van der Waals surface area contributed by atoms with E-state index in [1.807, 2.05) is 12.1 Å². The summed E-state index contributed by atoms with van der Waals surface area (Å²) < 4.78 is 0. The molecule has 1 aromatic heterocycles. The van der Waals surface area contributed by atoms with Gasteiger partial charge in [-0.05, 0) is 48.2 Å². The van der Waals surface area contributed by atoms with Crippen LogP contribution in [0.4, 0.5) is 0 Å². The number of aromatic amines is 1. The molecule has 1 unspecified atom stereocenters. The zero-order chi connectivity index (χ0) is 19.1. The molecule has 0 saturated heterocycles. The van der Waals surface area contributed by atoms with Gasteiger partial charge in [0.15, 0.2) is 0 Å². The van der Waals surface area contributed by atoms with Crippen molar-refractivity contribution in [2.45, 2.75) is 25.9 Å². The summed E-state index contributed by atoms with van der Waals surface area (Å²) in [6.45, 7) is 4.09. The van der Waals surface area contributed by atoms with Gasteiger partial charge in [-0.1, -0.05) is 71.8 Å². The lowest BCUT2D eigenvalue weighted by Gasteiger charge is -2.36. The Hall–Kier alpha value is -2.55. The van der Waals surface area contributed by atoms with Crippen molar-refractivity contribution >= 4 is 22.5 Å². The first-order chi connectivity index (χ1) is 13.7. The summed E-state index contributed by atoms with van der Waals surface area (Å²) in [4.78, 5) is 6.32. The minimum atomic E-state index is 0.229. The van der Waals surface area contributed by atoms with Crippen molar-refractivity contribution in [2.24, 2.45) is 0 Å². The third kappa shape index (κ3) is 3.13. The van der Waals surface area contributed by atoms with Crippen LogP contribution in [0.2, 0.25) is 5.02 Å². The molecule has 3 heteroatoms. The van der Waals surface area contributed by atoms with Gasteiger partial charge in [0.2, 0.25) is 0 Å². The number of para-hydroxylation sites is 1. The second-order valence-electron chi connectivity index (χ2n) is 7.72. The van der Waals surface area contributed by atoms with E-state index in [0.717, 1.165) is 24.5 Å². The van der Waals surface area contributed by atoms with E-state index in [4.69, 9.17) is 11.6 Å². The maximum atomic E-state index is 6.09. The number of benzene rings is 3. The Bertz CT molecular complexity index is 1110. The molecule has 0 fully saturated rings. The number of hydrogen-bond acceptors (Lipinski definition) is 1. The molecule has 0 radical (unpaired) electrons. The zero-order valence-electron chi connectivity index (χ0n) is 16.0. The lowest BCUT2D eigenvalue weighted by atomic mass is 9.91. The van der Waals surface area contributed by atoms with E-state index >= 15 is 0 Å². The van der Waals surface area contributed by atoms with Gasteiger partial charge >= 0.3 is 0 Å². The largest absolute Gasteiger partial charge is 0.357 e. The monoisotopic (exact) mass is 386 g/mol. The SMILES string of the molecule is Cc1ccc(C2c3[nH]c4ccccc4c3CCN2Cc2ccc(Cl)cc2)cc1. The highest BCUT2D eigenvalue weighted by Gasteiger charge is 2.31. The number of nitrogens with zero attached hydrogens (tertiary/aromatic N) is 1. The highest BCUT2D eigenvalue weighted by Crippen LogP contribution is 2.39. The van der Waals surface area contributed by atoms with Crippen LogP contribution in [0.1, 0.15) is 34.0 Å². The van der Waals surface area contributed by atoms with Gasteiger partial charge in [-0.3, -0.25) is 4.90 Å². The number of rotatable bonds is 3. The van der Waals surface area contributed by atoms with Gasteiger partial charge in [0.1, 0.15) is 0 Å².